The second-order valence-electron chi connectivity index (χ2n) is 9.36. The van der Waals surface area contributed by atoms with Gasteiger partial charge in [-0.2, -0.15) is 0 Å². The molecule has 0 saturated heterocycles. The zero-order valence-electron chi connectivity index (χ0n) is 20.6. The molecule has 35 heavy (non-hydrogen) atoms. The molecule has 0 bridgehead atoms. The van der Waals surface area contributed by atoms with Crippen LogP contribution >= 0.6 is 0 Å². The normalized spacial score (nSPS) is 17.5. The number of H-pyrrole nitrogens is 1. The molecule has 2 N–H and O–H groups in total. The molecule has 0 amide bonds. The van der Waals surface area contributed by atoms with Crippen molar-refractivity contribution in [3.8, 4) is 28.1 Å². The van der Waals surface area contributed by atoms with Gasteiger partial charge in [0.2, 0.25) is 0 Å². The van der Waals surface area contributed by atoms with Gasteiger partial charge < -0.3 is 24.7 Å². The Morgan fingerprint density at radius 1 is 1.00 bits per heavy atom. The SMILES string of the molecule is CO[C@@H]1CC[C@H]1CNc1ncnc2[nH]c(-c3ccc(OCCN(C)C)cc3)c(-c3ccccc3)c12. The molecule has 2 heterocycles. The number of anilines is 1. The summed E-state index contributed by atoms with van der Waals surface area (Å²) in [4.78, 5) is 14.9. The lowest BCUT2D eigenvalue weighted by Crippen LogP contribution is -2.37. The molecule has 0 aliphatic heterocycles. The molecule has 1 aliphatic rings. The highest BCUT2D eigenvalue weighted by Crippen LogP contribution is 2.41. The number of hydrogen-bond acceptors (Lipinski definition) is 6. The van der Waals surface area contributed by atoms with E-state index in [4.69, 9.17) is 9.47 Å². The minimum atomic E-state index is 0.327. The second kappa shape index (κ2) is 10.5. The number of benzene rings is 2. The van der Waals surface area contributed by atoms with Crippen molar-refractivity contribution in [1.82, 2.24) is 19.9 Å². The fourth-order valence-electron chi connectivity index (χ4n) is 4.64. The molecule has 1 aliphatic carbocycles. The number of rotatable bonds is 10. The number of nitrogens with one attached hydrogen (secondary N) is 2. The molecule has 182 valence electrons. The number of likely N-dealkylation sites (N-methyl/N-ethyl adjacent to an activating group) is 1. The highest BCUT2D eigenvalue weighted by atomic mass is 16.5. The number of fused-ring (bicyclic) bond motifs is 1. The van der Waals surface area contributed by atoms with Gasteiger partial charge in [0.05, 0.1) is 17.2 Å². The van der Waals surface area contributed by atoms with E-state index in [1.807, 2.05) is 32.3 Å². The Bertz CT molecular complexity index is 1250. The minimum absolute atomic E-state index is 0.327. The fourth-order valence-corrected chi connectivity index (χ4v) is 4.64. The van der Waals surface area contributed by atoms with E-state index in [1.165, 1.54) is 6.42 Å². The minimum Gasteiger partial charge on any atom is -0.492 e. The van der Waals surface area contributed by atoms with E-state index in [9.17, 15) is 0 Å². The summed E-state index contributed by atoms with van der Waals surface area (Å²) in [5.41, 5.74) is 5.14. The predicted octanol–water partition coefficient (Wildman–Crippen LogP) is 5.07. The van der Waals surface area contributed by atoms with Crippen molar-refractivity contribution in [3.05, 3.63) is 60.9 Å². The van der Waals surface area contributed by atoms with E-state index in [0.717, 1.165) is 64.5 Å². The van der Waals surface area contributed by atoms with Gasteiger partial charge in [0.25, 0.3) is 0 Å². The third kappa shape index (κ3) is 5.01. The van der Waals surface area contributed by atoms with Gasteiger partial charge >= 0.3 is 0 Å². The van der Waals surface area contributed by atoms with E-state index in [-0.39, 0.29) is 0 Å². The Kier molecular flexibility index (Phi) is 6.97. The van der Waals surface area contributed by atoms with Crippen LogP contribution in [0.2, 0.25) is 0 Å². The molecule has 2 aromatic heterocycles. The van der Waals surface area contributed by atoms with Gasteiger partial charge in [-0.15, -0.1) is 0 Å². The number of nitrogens with zero attached hydrogens (tertiary/aromatic N) is 3. The molecule has 5 rings (SSSR count). The maximum atomic E-state index is 5.89. The standard InChI is InChI=1S/C28H33N5O2/c1-33(2)15-16-35-22-12-9-20(10-13-22)26-24(19-7-5-4-6-8-19)25-27(30-18-31-28(25)32-26)29-17-21-11-14-23(21)34-3/h4-10,12-13,18,21,23H,11,14-17H2,1-3H3,(H2,29,30,31,32)/t21-,23+/m0/s1. The van der Waals surface area contributed by atoms with Gasteiger partial charge in [-0.1, -0.05) is 30.3 Å². The molecule has 1 saturated carbocycles. The third-order valence-electron chi connectivity index (χ3n) is 6.79. The highest BCUT2D eigenvalue weighted by molar-refractivity contribution is 6.07. The molecule has 4 aromatic rings. The molecule has 2 aromatic carbocycles. The van der Waals surface area contributed by atoms with Crippen molar-refractivity contribution in [2.75, 3.05) is 46.2 Å². The molecule has 2 atom stereocenters. The van der Waals surface area contributed by atoms with Crippen molar-refractivity contribution in [2.24, 2.45) is 5.92 Å². The van der Waals surface area contributed by atoms with Crippen LogP contribution in [0.15, 0.2) is 60.9 Å². The average Bonchev–Trinajstić information content (AvgIpc) is 3.25. The van der Waals surface area contributed by atoms with Crippen molar-refractivity contribution < 1.29 is 9.47 Å². The first-order valence-corrected chi connectivity index (χ1v) is 12.2. The monoisotopic (exact) mass is 471 g/mol. The topological polar surface area (TPSA) is 75.3 Å². The molecule has 0 radical (unpaired) electrons. The molecule has 7 nitrogen and oxygen atoms in total. The van der Waals surface area contributed by atoms with Crippen LogP contribution in [-0.2, 0) is 4.74 Å². The van der Waals surface area contributed by atoms with Gasteiger partial charge in [0.15, 0.2) is 0 Å². The van der Waals surface area contributed by atoms with Crippen LogP contribution in [0, 0.1) is 5.92 Å². The van der Waals surface area contributed by atoms with E-state index >= 15 is 0 Å². The van der Waals surface area contributed by atoms with Crippen LogP contribution < -0.4 is 10.1 Å². The van der Waals surface area contributed by atoms with Crippen molar-refractivity contribution in [3.63, 3.8) is 0 Å². The number of methoxy groups -OCH3 is 1. The lowest BCUT2D eigenvalue weighted by molar-refractivity contribution is -0.0101. The number of ether oxygens (including phenoxy) is 2. The Labute approximate surface area is 206 Å². The van der Waals surface area contributed by atoms with Crippen LogP contribution in [0.3, 0.4) is 0 Å². The highest BCUT2D eigenvalue weighted by Gasteiger charge is 2.31. The summed E-state index contributed by atoms with van der Waals surface area (Å²) in [6, 6.07) is 18.7. The molecule has 1 fully saturated rings. The molecule has 7 heteroatoms. The molecule has 0 unspecified atom stereocenters. The number of hydrogen-bond donors (Lipinski definition) is 2. The van der Waals surface area contributed by atoms with Crippen LogP contribution in [0.4, 0.5) is 5.82 Å². The zero-order valence-corrected chi connectivity index (χ0v) is 20.6. The number of aromatic amines is 1. The smallest absolute Gasteiger partial charge is 0.143 e. The summed E-state index contributed by atoms with van der Waals surface area (Å²) in [5.74, 6) is 2.22. The summed E-state index contributed by atoms with van der Waals surface area (Å²) in [7, 11) is 5.88. The summed E-state index contributed by atoms with van der Waals surface area (Å²) in [6.07, 6.45) is 4.25. The quantitative estimate of drug-likeness (QED) is 0.336. The van der Waals surface area contributed by atoms with Crippen LogP contribution in [-0.4, -0.2) is 66.9 Å². The van der Waals surface area contributed by atoms with E-state index in [0.29, 0.717) is 18.6 Å². The lowest BCUT2D eigenvalue weighted by atomic mass is 9.82. The Morgan fingerprint density at radius 3 is 2.49 bits per heavy atom. The zero-order chi connectivity index (χ0) is 24.2. The van der Waals surface area contributed by atoms with Gasteiger partial charge in [-0.05, 0) is 62.3 Å². The fraction of sp³-hybridized carbons (Fsp3) is 0.357. The third-order valence-corrected chi connectivity index (χ3v) is 6.79. The lowest BCUT2D eigenvalue weighted by Gasteiger charge is -2.35. The summed E-state index contributed by atoms with van der Waals surface area (Å²) in [6.45, 7) is 2.37. The van der Waals surface area contributed by atoms with Gasteiger partial charge in [0, 0.05) is 31.7 Å². The van der Waals surface area contributed by atoms with Crippen molar-refractivity contribution in [2.45, 2.75) is 18.9 Å². The number of aromatic nitrogens is 3. The molecular weight excluding hydrogens is 438 g/mol. The van der Waals surface area contributed by atoms with Crippen LogP contribution in [0.5, 0.6) is 5.75 Å². The maximum absolute atomic E-state index is 5.89. The van der Waals surface area contributed by atoms with Gasteiger partial charge in [0.1, 0.15) is 30.1 Å². The van der Waals surface area contributed by atoms with Crippen molar-refractivity contribution >= 4 is 16.9 Å². The first-order valence-electron chi connectivity index (χ1n) is 12.2. The molecular formula is C28H33N5O2. The first kappa shape index (κ1) is 23.3. The van der Waals surface area contributed by atoms with E-state index in [1.54, 1.807) is 13.4 Å². The van der Waals surface area contributed by atoms with Gasteiger partial charge in [-0.25, -0.2) is 9.97 Å². The largest absolute Gasteiger partial charge is 0.492 e. The van der Waals surface area contributed by atoms with Gasteiger partial charge in [-0.3, -0.25) is 0 Å². The Morgan fingerprint density at radius 2 is 1.80 bits per heavy atom. The predicted molar refractivity (Wildman–Crippen MR) is 141 cm³/mol. The van der Waals surface area contributed by atoms with Crippen LogP contribution in [0.1, 0.15) is 12.8 Å². The molecule has 0 spiro atoms. The Balaban J connectivity index is 1.50. The maximum Gasteiger partial charge on any atom is 0.143 e. The van der Waals surface area contributed by atoms with E-state index in [2.05, 4.69) is 61.6 Å². The summed E-state index contributed by atoms with van der Waals surface area (Å²) in [5, 5.41) is 4.60. The Hall–Kier alpha value is -3.42. The first-order chi connectivity index (χ1) is 17.1. The second-order valence-corrected chi connectivity index (χ2v) is 9.36. The summed E-state index contributed by atoms with van der Waals surface area (Å²) >= 11 is 0. The van der Waals surface area contributed by atoms with Crippen LogP contribution in [0.25, 0.3) is 33.4 Å². The van der Waals surface area contributed by atoms with E-state index < -0.39 is 0 Å². The average molecular weight is 472 g/mol. The van der Waals surface area contributed by atoms with Crippen molar-refractivity contribution in [1.29, 1.82) is 0 Å². The summed E-state index contributed by atoms with van der Waals surface area (Å²) < 4.78 is 11.5.